The third-order valence-corrected chi connectivity index (χ3v) is 3.88. The fraction of sp³-hybridized carbons (Fsp3) is 0.467. The molecule has 0 spiro atoms. The minimum atomic E-state index is 0.525. The molecule has 19 heavy (non-hydrogen) atoms. The first kappa shape index (κ1) is 12.2. The molecule has 1 heterocycles. The highest BCUT2D eigenvalue weighted by molar-refractivity contribution is 5.57. The lowest BCUT2D eigenvalue weighted by molar-refractivity contribution is 0.405. The molecule has 4 nitrogen and oxygen atoms in total. The van der Waals surface area contributed by atoms with Crippen LogP contribution in [-0.4, -0.2) is 14.8 Å². The zero-order valence-corrected chi connectivity index (χ0v) is 11.1. The first-order chi connectivity index (χ1) is 9.33. The van der Waals surface area contributed by atoms with Gasteiger partial charge in [0.2, 0.25) is 0 Å². The molecule has 0 atom stereocenters. The molecule has 2 N–H and O–H groups in total. The molecule has 1 aliphatic rings. The van der Waals surface area contributed by atoms with E-state index in [9.17, 15) is 0 Å². The van der Waals surface area contributed by atoms with Gasteiger partial charge in [0.25, 0.3) is 0 Å². The van der Waals surface area contributed by atoms with Crippen LogP contribution < -0.4 is 5.73 Å². The Kier molecular flexibility index (Phi) is 3.49. The maximum Gasteiger partial charge on any atom is 0.181 e. The molecule has 1 aromatic carbocycles. The summed E-state index contributed by atoms with van der Waals surface area (Å²) < 4.78 is 2.05. The zero-order chi connectivity index (χ0) is 13.1. The number of nitrogen functional groups attached to an aromatic ring is 1. The van der Waals surface area contributed by atoms with Gasteiger partial charge in [-0.15, -0.1) is 0 Å². The molecule has 0 aliphatic heterocycles. The Hall–Kier alpha value is -1.84. The van der Waals surface area contributed by atoms with Gasteiger partial charge in [-0.25, -0.2) is 9.67 Å². The second-order valence-electron chi connectivity index (χ2n) is 5.32. The van der Waals surface area contributed by atoms with E-state index in [0.29, 0.717) is 6.04 Å². The van der Waals surface area contributed by atoms with E-state index in [1.807, 2.05) is 30.6 Å². The predicted molar refractivity (Wildman–Crippen MR) is 76.6 cm³/mol. The van der Waals surface area contributed by atoms with Crippen LogP contribution in [0.4, 0.5) is 5.69 Å². The van der Waals surface area contributed by atoms with E-state index in [2.05, 4.69) is 14.8 Å². The van der Waals surface area contributed by atoms with Crippen molar-refractivity contribution in [1.82, 2.24) is 14.8 Å². The molecule has 1 fully saturated rings. The molecule has 3 rings (SSSR count). The molecule has 0 saturated heterocycles. The van der Waals surface area contributed by atoms with E-state index < -0.39 is 0 Å². The highest BCUT2D eigenvalue weighted by Gasteiger charge is 2.15. The summed E-state index contributed by atoms with van der Waals surface area (Å²) in [7, 11) is 0. The van der Waals surface area contributed by atoms with Crippen LogP contribution in [0.15, 0.2) is 30.6 Å². The van der Waals surface area contributed by atoms with E-state index in [-0.39, 0.29) is 0 Å². The number of nitrogens with zero attached hydrogens (tertiary/aromatic N) is 3. The van der Waals surface area contributed by atoms with E-state index in [0.717, 1.165) is 17.1 Å². The highest BCUT2D eigenvalue weighted by atomic mass is 15.3. The van der Waals surface area contributed by atoms with Gasteiger partial charge < -0.3 is 5.73 Å². The van der Waals surface area contributed by atoms with Crippen LogP contribution in [-0.2, 0) is 0 Å². The smallest absolute Gasteiger partial charge is 0.181 e. The summed E-state index contributed by atoms with van der Waals surface area (Å²) >= 11 is 0. The lowest BCUT2D eigenvalue weighted by atomic mass is 10.1. The second-order valence-corrected chi connectivity index (χ2v) is 5.32. The van der Waals surface area contributed by atoms with Crippen molar-refractivity contribution in [3.63, 3.8) is 0 Å². The summed E-state index contributed by atoms with van der Waals surface area (Å²) in [5.41, 5.74) is 7.50. The first-order valence-electron chi connectivity index (χ1n) is 7.10. The maximum absolute atomic E-state index is 5.70. The van der Waals surface area contributed by atoms with Crippen molar-refractivity contribution in [1.29, 1.82) is 0 Å². The molecule has 1 saturated carbocycles. The van der Waals surface area contributed by atoms with Crippen LogP contribution in [0.25, 0.3) is 11.4 Å². The van der Waals surface area contributed by atoms with Crippen LogP contribution in [0.1, 0.15) is 44.6 Å². The zero-order valence-electron chi connectivity index (χ0n) is 11.1. The molecule has 0 amide bonds. The predicted octanol–water partition coefficient (Wildman–Crippen LogP) is 3.42. The highest BCUT2D eigenvalue weighted by Crippen LogP contribution is 2.27. The molecule has 4 heteroatoms. The summed E-state index contributed by atoms with van der Waals surface area (Å²) in [6, 6.07) is 8.26. The van der Waals surface area contributed by atoms with Crippen molar-refractivity contribution in [2.75, 3.05) is 5.73 Å². The minimum absolute atomic E-state index is 0.525. The van der Waals surface area contributed by atoms with Gasteiger partial charge in [-0.2, -0.15) is 5.10 Å². The molecule has 0 radical (unpaired) electrons. The molecule has 100 valence electrons. The Labute approximate surface area is 113 Å². The van der Waals surface area contributed by atoms with Gasteiger partial charge in [-0.1, -0.05) is 25.7 Å². The van der Waals surface area contributed by atoms with Crippen LogP contribution in [0.2, 0.25) is 0 Å². The lowest BCUT2D eigenvalue weighted by Gasteiger charge is -2.13. The van der Waals surface area contributed by atoms with Crippen molar-refractivity contribution < 1.29 is 0 Å². The number of aromatic nitrogens is 3. The third-order valence-electron chi connectivity index (χ3n) is 3.88. The Balaban J connectivity index is 1.80. The molecular formula is C15H20N4. The number of nitrogens with two attached hydrogens (primary N) is 1. The number of anilines is 1. The van der Waals surface area contributed by atoms with Crippen molar-refractivity contribution in [2.24, 2.45) is 0 Å². The molecule has 1 aliphatic carbocycles. The van der Waals surface area contributed by atoms with Crippen molar-refractivity contribution in [3.8, 4) is 11.4 Å². The Morgan fingerprint density at radius 2 is 1.68 bits per heavy atom. The molecule has 0 bridgehead atoms. The number of hydrogen-bond acceptors (Lipinski definition) is 3. The maximum atomic E-state index is 5.70. The Morgan fingerprint density at radius 3 is 2.37 bits per heavy atom. The number of rotatable bonds is 2. The van der Waals surface area contributed by atoms with Crippen LogP contribution in [0, 0.1) is 0 Å². The van der Waals surface area contributed by atoms with Gasteiger partial charge in [-0.3, -0.25) is 0 Å². The Morgan fingerprint density at radius 1 is 1.00 bits per heavy atom. The van der Waals surface area contributed by atoms with E-state index >= 15 is 0 Å². The lowest BCUT2D eigenvalue weighted by Crippen LogP contribution is -2.08. The summed E-state index contributed by atoms with van der Waals surface area (Å²) in [6.45, 7) is 0. The minimum Gasteiger partial charge on any atom is -0.399 e. The number of hydrogen-bond donors (Lipinski definition) is 1. The topological polar surface area (TPSA) is 56.7 Å². The largest absolute Gasteiger partial charge is 0.399 e. The van der Waals surface area contributed by atoms with E-state index in [1.165, 1.54) is 38.5 Å². The fourth-order valence-electron chi connectivity index (χ4n) is 2.74. The van der Waals surface area contributed by atoms with Gasteiger partial charge in [0, 0.05) is 11.3 Å². The van der Waals surface area contributed by atoms with Crippen LogP contribution >= 0.6 is 0 Å². The SMILES string of the molecule is Nc1ccc(-c2ncn(C3CCCCCC3)n2)cc1. The standard InChI is InChI=1S/C15H20N4/c16-13-9-7-12(8-10-13)15-17-11-19(18-15)14-5-3-1-2-4-6-14/h7-11,14H,1-6,16H2. The van der Waals surface area contributed by atoms with Crippen molar-refractivity contribution >= 4 is 5.69 Å². The quantitative estimate of drug-likeness (QED) is 0.661. The third kappa shape index (κ3) is 2.78. The summed E-state index contributed by atoms with van der Waals surface area (Å²) in [5.74, 6) is 0.796. The average molecular weight is 256 g/mol. The molecular weight excluding hydrogens is 236 g/mol. The van der Waals surface area contributed by atoms with Gasteiger partial charge >= 0.3 is 0 Å². The average Bonchev–Trinajstić information content (AvgIpc) is 2.76. The monoisotopic (exact) mass is 256 g/mol. The fourth-order valence-corrected chi connectivity index (χ4v) is 2.74. The van der Waals surface area contributed by atoms with E-state index in [4.69, 9.17) is 5.73 Å². The van der Waals surface area contributed by atoms with Crippen molar-refractivity contribution in [2.45, 2.75) is 44.6 Å². The normalized spacial score (nSPS) is 17.3. The summed E-state index contributed by atoms with van der Waals surface area (Å²) in [6.07, 6.45) is 9.66. The second kappa shape index (κ2) is 5.43. The van der Waals surface area contributed by atoms with E-state index in [1.54, 1.807) is 0 Å². The molecule has 0 unspecified atom stereocenters. The first-order valence-corrected chi connectivity index (χ1v) is 7.10. The van der Waals surface area contributed by atoms with Gasteiger partial charge in [0.05, 0.1) is 6.04 Å². The van der Waals surface area contributed by atoms with Crippen LogP contribution in [0.5, 0.6) is 0 Å². The van der Waals surface area contributed by atoms with Crippen LogP contribution in [0.3, 0.4) is 0 Å². The molecule has 2 aromatic rings. The van der Waals surface area contributed by atoms with Gasteiger partial charge in [0.1, 0.15) is 6.33 Å². The van der Waals surface area contributed by atoms with Crippen molar-refractivity contribution in [3.05, 3.63) is 30.6 Å². The van der Waals surface area contributed by atoms with Gasteiger partial charge in [-0.05, 0) is 37.1 Å². The van der Waals surface area contributed by atoms with Gasteiger partial charge in [0.15, 0.2) is 5.82 Å². The molecule has 1 aromatic heterocycles. The summed E-state index contributed by atoms with van der Waals surface area (Å²) in [4.78, 5) is 4.43. The Bertz CT molecular complexity index is 521. The summed E-state index contributed by atoms with van der Waals surface area (Å²) in [5, 5.41) is 4.64. The number of benzene rings is 1.